The second-order valence-electron chi connectivity index (χ2n) is 12.1. The lowest BCUT2D eigenvalue weighted by Crippen LogP contribution is -2.01. The minimum Gasteiger partial charge on any atom is -0.292 e. The number of aromatic nitrogens is 2. The molecule has 49 heavy (non-hydrogen) atoms. The monoisotopic (exact) mass is 630 g/mol. The van der Waals surface area contributed by atoms with E-state index in [4.69, 9.17) is 10.5 Å². The summed E-state index contributed by atoms with van der Waals surface area (Å²) in [6.07, 6.45) is 0. The van der Waals surface area contributed by atoms with Crippen LogP contribution in [0.15, 0.2) is 182 Å². The maximum absolute atomic E-state index is 9.62. The maximum Gasteiger partial charge on any atom is 0.145 e. The summed E-state index contributed by atoms with van der Waals surface area (Å²) in [6, 6.07) is 39.6. The van der Waals surface area contributed by atoms with E-state index in [1.807, 2.05) is 138 Å². The van der Waals surface area contributed by atoms with Gasteiger partial charge in [-0.1, -0.05) is 158 Å². The first-order chi connectivity index (χ1) is 27.7. The lowest BCUT2D eigenvalue weighted by molar-refractivity contribution is 1.10. The van der Waals surface area contributed by atoms with Crippen molar-refractivity contribution >= 4 is 54.1 Å². The lowest BCUT2D eigenvalue weighted by atomic mass is 9.83. The Kier molecular flexibility index (Phi) is 4.66. The van der Waals surface area contributed by atoms with E-state index >= 15 is 0 Å². The number of imidazole rings is 1. The summed E-state index contributed by atoms with van der Waals surface area (Å²) in [5.41, 5.74) is 4.71. The molecular formula is C47H30N2. The van der Waals surface area contributed by atoms with E-state index in [0.717, 1.165) is 38.1 Å². The van der Waals surface area contributed by atoms with E-state index in [0.29, 0.717) is 28.2 Å². The van der Waals surface area contributed by atoms with Crippen molar-refractivity contribution in [1.29, 1.82) is 0 Å². The molecule has 2 nitrogen and oxygen atoms in total. The molecule has 0 radical (unpaired) electrons. The van der Waals surface area contributed by atoms with E-state index < -0.39 is 24.2 Å². The Balaban J connectivity index is 1.47. The third-order valence-electron chi connectivity index (χ3n) is 9.42. The molecule has 0 aliphatic heterocycles. The Hall–Kier alpha value is -6.51. The van der Waals surface area contributed by atoms with Gasteiger partial charge in [0.1, 0.15) is 5.82 Å². The molecule has 0 unspecified atom stereocenters. The van der Waals surface area contributed by atoms with Crippen molar-refractivity contribution in [3.8, 4) is 39.3 Å². The van der Waals surface area contributed by atoms with Crippen LogP contribution in [0.2, 0.25) is 0 Å². The summed E-state index contributed by atoms with van der Waals surface area (Å²) in [6.45, 7) is 0. The fraction of sp³-hybridized carbons (Fsp3) is 0. The van der Waals surface area contributed by atoms with Gasteiger partial charge in [0.05, 0.1) is 27.7 Å². The smallest absolute Gasteiger partial charge is 0.145 e. The number of rotatable bonds is 4. The minimum atomic E-state index is -0.446. The number of hydrogen-bond donors (Lipinski definition) is 0. The van der Waals surface area contributed by atoms with Crippen molar-refractivity contribution in [1.82, 2.24) is 9.55 Å². The van der Waals surface area contributed by atoms with Gasteiger partial charge in [-0.2, -0.15) is 0 Å². The Morgan fingerprint density at radius 2 is 1.00 bits per heavy atom. The van der Waals surface area contributed by atoms with Crippen LogP contribution in [0.1, 0.15) is 11.0 Å². The Bertz CT molecular complexity index is 3260. The standard InChI is InChI=1S/C47H30N2/c1-2-16-31(17-3-1)47-48-42-27-13-15-29-44(42)49(47)43-28-14-12-26-40(43)45-36-22-8-10-24-38(36)46(39-25-11-9-23-37(39)45)41-30-32-18-4-5-19-33(32)34-20-6-7-21-35(34)41/h1-30H/i8D,9D,10D,11D,22D,23D,24D,25D. The van der Waals surface area contributed by atoms with Crippen LogP contribution in [0.5, 0.6) is 0 Å². The molecule has 0 N–H and O–H groups in total. The summed E-state index contributed by atoms with van der Waals surface area (Å²) in [5, 5.41) is 4.20. The van der Waals surface area contributed by atoms with Gasteiger partial charge in [-0.25, -0.2) is 4.98 Å². The van der Waals surface area contributed by atoms with Crippen LogP contribution in [0, 0.1) is 0 Å². The van der Waals surface area contributed by atoms with Crippen LogP contribution in [0.3, 0.4) is 0 Å². The summed E-state index contributed by atoms with van der Waals surface area (Å²) >= 11 is 0. The predicted molar refractivity (Wildman–Crippen MR) is 207 cm³/mol. The average Bonchev–Trinajstić information content (AvgIpc) is 3.65. The van der Waals surface area contributed by atoms with E-state index in [1.54, 1.807) is 0 Å². The first-order valence-corrected chi connectivity index (χ1v) is 16.2. The van der Waals surface area contributed by atoms with Crippen molar-refractivity contribution in [2.75, 3.05) is 0 Å². The first-order valence-electron chi connectivity index (χ1n) is 20.2. The molecule has 1 heterocycles. The number of benzene rings is 9. The second kappa shape index (κ2) is 11.0. The van der Waals surface area contributed by atoms with Crippen LogP contribution in [-0.4, -0.2) is 9.55 Å². The zero-order valence-corrected chi connectivity index (χ0v) is 26.1. The molecular weight excluding hydrogens is 593 g/mol. The molecule has 0 aliphatic rings. The zero-order valence-electron chi connectivity index (χ0n) is 34.1. The Morgan fingerprint density at radius 1 is 0.449 bits per heavy atom. The maximum atomic E-state index is 9.62. The quantitative estimate of drug-likeness (QED) is 0.140. The second-order valence-corrected chi connectivity index (χ2v) is 12.1. The highest BCUT2D eigenvalue weighted by atomic mass is 15.1. The fourth-order valence-electron chi connectivity index (χ4n) is 7.36. The van der Waals surface area contributed by atoms with Crippen molar-refractivity contribution in [3.05, 3.63) is 182 Å². The van der Waals surface area contributed by atoms with Crippen LogP contribution in [-0.2, 0) is 0 Å². The molecule has 228 valence electrons. The van der Waals surface area contributed by atoms with E-state index in [2.05, 4.69) is 0 Å². The first kappa shape index (κ1) is 20.7. The van der Waals surface area contributed by atoms with Crippen LogP contribution in [0.4, 0.5) is 0 Å². The lowest BCUT2D eigenvalue weighted by Gasteiger charge is -2.21. The molecule has 0 aliphatic carbocycles. The van der Waals surface area contributed by atoms with Crippen LogP contribution >= 0.6 is 0 Å². The Morgan fingerprint density at radius 3 is 1.73 bits per heavy atom. The molecule has 10 rings (SSSR count). The molecule has 2 heteroatoms. The summed E-state index contributed by atoms with van der Waals surface area (Å²) in [7, 11) is 0. The van der Waals surface area contributed by atoms with Crippen molar-refractivity contribution in [2.45, 2.75) is 0 Å². The van der Waals surface area contributed by atoms with E-state index in [1.165, 1.54) is 0 Å². The molecule has 0 spiro atoms. The van der Waals surface area contributed by atoms with Crippen molar-refractivity contribution < 1.29 is 11.0 Å². The largest absolute Gasteiger partial charge is 0.292 e. The Labute approximate surface area is 295 Å². The number of para-hydroxylation sites is 3. The van der Waals surface area contributed by atoms with Gasteiger partial charge in [-0.05, 0) is 84.0 Å². The number of nitrogens with zero attached hydrogens (tertiary/aromatic N) is 2. The van der Waals surface area contributed by atoms with E-state index in [9.17, 15) is 5.48 Å². The minimum absolute atomic E-state index is 0.156. The highest BCUT2D eigenvalue weighted by Gasteiger charge is 2.22. The van der Waals surface area contributed by atoms with Gasteiger partial charge in [0.2, 0.25) is 0 Å². The topological polar surface area (TPSA) is 17.8 Å². The molecule has 0 atom stereocenters. The van der Waals surface area contributed by atoms with Gasteiger partial charge in [0.15, 0.2) is 0 Å². The highest BCUT2D eigenvalue weighted by molar-refractivity contribution is 6.26. The van der Waals surface area contributed by atoms with Gasteiger partial charge in [-0.3, -0.25) is 4.57 Å². The molecule has 10 aromatic rings. The van der Waals surface area contributed by atoms with Gasteiger partial charge >= 0.3 is 0 Å². The third kappa shape index (κ3) is 4.24. The zero-order chi connectivity index (χ0) is 39.3. The molecule has 9 aromatic carbocycles. The van der Waals surface area contributed by atoms with Crippen molar-refractivity contribution in [3.63, 3.8) is 0 Å². The van der Waals surface area contributed by atoms with Gasteiger partial charge < -0.3 is 0 Å². The van der Waals surface area contributed by atoms with Crippen molar-refractivity contribution in [2.24, 2.45) is 0 Å². The highest BCUT2D eigenvalue weighted by Crippen LogP contribution is 2.48. The fourth-order valence-corrected chi connectivity index (χ4v) is 7.36. The van der Waals surface area contributed by atoms with Gasteiger partial charge in [-0.15, -0.1) is 0 Å². The summed E-state index contributed by atoms with van der Waals surface area (Å²) in [4.78, 5) is 5.06. The number of hydrogen-bond acceptors (Lipinski definition) is 1. The predicted octanol–water partition coefficient (Wildman–Crippen LogP) is 12.6. The van der Waals surface area contributed by atoms with Crippen LogP contribution in [0.25, 0.3) is 93.5 Å². The summed E-state index contributed by atoms with van der Waals surface area (Å²) < 4.78 is 76.4. The number of fused-ring (bicyclic) bond motifs is 6. The van der Waals surface area contributed by atoms with Gasteiger partial charge in [0.25, 0.3) is 0 Å². The van der Waals surface area contributed by atoms with Crippen LogP contribution < -0.4 is 0 Å². The summed E-state index contributed by atoms with van der Waals surface area (Å²) in [5.74, 6) is 0.640. The molecule has 0 amide bonds. The molecule has 0 saturated carbocycles. The SMILES string of the molecule is [2H]c1c([2H])c([2H])c2c(-c3cc4ccccc4c4ccccc34)c3c([2H])c([2H])c([2H])c([2H])c3c(-c3ccccc3-n3c(-c4ccccc4)nc4ccccc43)c2c1[2H]. The molecule has 0 bridgehead atoms. The van der Waals surface area contributed by atoms with Gasteiger partial charge in [0, 0.05) is 11.1 Å². The van der Waals surface area contributed by atoms with E-state index in [-0.39, 0.29) is 51.3 Å². The normalized spacial score (nSPS) is 14.0. The average molecular weight is 631 g/mol. The molecule has 1 aromatic heterocycles. The molecule has 0 fully saturated rings. The third-order valence-corrected chi connectivity index (χ3v) is 9.42. The molecule has 0 saturated heterocycles.